The largest absolute Gasteiger partial charge is 0.459 e. The van der Waals surface area contributed by atoms with Crippen molar-refractivity contribution in [1.29, 1.82) is 0 Å². The lowest BCUT2D eigenvalue weighted by Gasteiger charge is -2.12. The molecule has 1 amide bonds. The molecule has 6 nitrogen and oxygen atoms in total. The number of hydrogen-bond acceptors (Lipinski definition) is 5. The highest BCUT2D eigenvalue weighted by Crippen LogP contribution is 2.19. The molecule has 3 rings (SSSR count). The van der Waals surface area contributed by atoms with Crippen LogP contribution in [0, 0.1) is 6.92 Å². The van der Waals surface area contributed by atoms with Crippen molar-refractivity contribution in [3.63, 3.8) is 0 Å². The quantitative estimate of drug-likeness (QED) is 0.740. The second-order valence-electron chi connectivity index (χ2n) is 5.01. The summed E-state index contributed by atoms with van der Waals surface area (Å²) in [5, 5.41) is 7.99. The van der Waals surface area contributed by atoms with Crippen LogP contribution in [0.4, 0.5) is 0 Å². The molecule has 6 heteroatoms. The molecule has 0 saturated carbocycles. The summed E-state index contributed by atoms with van der Waals surface area (Å²) in [5.41, 5.74) is 2.01. The number of carbonyl (C=O) groups is 1. The minimum Gasteiger partial charge on any atom is -0.459 e. The van der Waals surface area contributed by atoms with Crippen molar-refractivity contribution in [1.82, 2.24) is 15.1 Å². The molecule has 0 atom stereocenters. The zero-order valence-corrected chi connectivity index (χ0v) is 12.3. The molecule has 0 N–H and O–H groups in total. The first kappa shape index (κ1) is 14.1. The van der Waals surface area contributed by atoms with Gasteiger partial charge in [-0.3, -0.25) is 4.79 Å². The van der Waals surface area contributed by atoms with Crippen LogP contribution in [0.25, 0.3) is 11.5 Å². The fourth-order valence-corrected chi connectivity index (χ4v) is 1.99. The average Bonchev–Trinajstić information content (AvgIpc) is 3.18. The molecule has 22 heavy (non-hydrogen) atoms. The summed E-state index contributed by atoms with van der Waals surface area (Å²) in [5.74, 6) is 0.854. The molecule has 112 valence electrons. The van der Waals surface area contributed by atoms with E-state index in [2.05, 4.69) is 10.2 Å². The minimum atomic E-state index is -0.236. The predicted molar refractivity (Wildman–Crippen MR) is 79.0 cm³/mol. The van der Waals surface area contributed by atoms with Gasteiger partial charge in [-0.15, -0.1) is 10.2 Å². The number of amides is 1. The molecule has 0 saturated heterocycles. The van der Waals surface area contributed by atoms with Crippen molar-refractivity contribution in [3.8, 4) is 11.5 Å². The number of hydrogen-bond donors (Lipinski definition) is 0. The first-order valence-corrected chi connectivity index (χ1v) is 6.82. The van der Waals surface area contributed by atoms with Crippen LogP contribution in [0.1, 0.15) is 22.0 Å². The van der Waals surface area contributed by atoms with Gasteiger partial charge in [-0.25, -0.2) is 0 Å². The lowest BCUT2D eigenvalue weighted by Crippen LogP contribution is -2.25. The Morgan fingerprint density at radius 2 is 1.95 bits per heavy atom. The smallest absolute Gasteiger partial charge is 0.289 e. The van der Waals surface area contributed by atoms with E-state index in [0.29, 0.717) is 11.8 Å². The average molecular weight is 297 g/mol. The minimum absolute atomic E-state index is 0.221. The van der Waals surface area contributed by atoms with Gasteiger partial charge in [0.2, 0.25) is 11.8 Å². The predicted octanol–water partition coefficient (Wildman–Crippen LogP) is 2.91. The molecule has 0 aliphatic rings. The van der Waals surface area contributed by atoms with E-state index < -0.39 is 0 Å². The van der Waals surface area contributed by atoms with Crippen LogP contribution in [0.2, 0.25) is 0 Å². The Hall–Kier alpha value is -2.89. The summed E-state index contributed by atoms with van der Waals surface area (Å²) in [6.07, 6.45) is 1.46. The third kappa shape index (κ3) is 2.90. The number of carbonyl (C=O) groups excluding carboxylic acids is 1. The van der Waals surface area contributed by atoms with Gasteiger partial charge < -0.3 is 13.7 Å². The van der Waals surface area contributed by atoms with E-state index in [1.165, 1.54) is 11.2 Å². The first-order chi connectivity index (χ1) is 10.6. The molecular weight excluding hydrogens is 282 g/mol. The van der Waals surface area contributed by atoms with E-state index in [-0.39, 0.29) is 18.2 Å². The molecule has 0 aliphatic heterocycles. The molecule has 2 aromatic heterocycles. The van der Waals surface area contributed by atoms with Gasteiger partial charge in [0.05, 0.1) is 12.8 Å². The van der Waals surface area contributed by atoms with Crippen LogP contribution in [0.5, 0.6) is 0 Å². The molecule has 0 unspecified atom stereocenters. The van der Waals surface area contributed by atoms with E-state index >= 15 is 0 Å². The Labute approximate surface area is 127 Å². The van der Waals surface area contributed by atoms with Crippen molar-refractivity contribution >= 4 is 5.91 Å². The number of rotatable bonds is 4. The molecule has 2 heterocycles. The Kier molecular flexibility index (Phi) is 3.74. The first-order valence-electron chi connectivity index (χ1n) is 6.82. The number of aromatic nitrogens is 2. The van der Waals surface area contributed by atoms with E-state index in [1.54, 1.807) is 19.2 Å². The molecular formula is C16H15N3O3. The van der Waals surface area contributed by atoms with E-state index in [9.17, 15) is 4.79 Å². The summed E-state index contributed by atoms with van der Waals surface area (Å²) >= 11 is 0. The van der Waals surface area contributed by atoms with Crippen molar-refractivity contribution in [2.45, 2.75) is 13.5 Å². The molecule has 1 aromatic carbocycles. The van der Waals surface area contributed by atoms with Crippen LogP contribution < -0.4 is 0 Å². The molecule has 0 aliphatic carbocycles. The summed E-state index contributed by atoms with van der Waals surface area (Å²) < 4.78 is 10.7. The van der Waals surface area contributed by atoms with Gasteiger partial charge in [0.25, 0.3) is 5.91 Å². The third-order valence-corrected chi connectivity index (χ3v) is 3.22. The van der Waals surface area contributed by atoms with Gasteiger partial charge in [0, 0.05) is 12.6 Å². The maximum absolute atomic E-state index is 12.1. The van der Waals surface area contributed by atoms with Crippen molar-refractivity contribution in [3.05, 3.63) is 59.9 Å². The monoisotopic (exact) mass is 297 g/mol. The Morgan fingerprint density at radius 3 is 2.64 bits per heavy atom. The van der Waals surface area contributed by atoms with Gasteiger partial charge in [-0.2, -0.15) is 0 Å². The second-order valence-corrected chi connectivity index (χ2v) is 5.01. The van der Waals surface area contributed by atoms with E-state index in [4.69, 9.17) is 8.83 Å². The highest BCUT2D eigenvalue weighted by Gasteiger charge is 2.17. The van der Waals surface area contributed by atoms with Gasteiger partial charge >= 0.3 is 0 Å². The SMILES string of the molecule is Cc1ccc(-c2nnc(CN(C)C(=O)c3ccco3)o2)cc1. The van der Waals surface area contributed by atoms with Crippen LogP contribution in [-0.4, -0.2) is 28.1 Å². The molecule has 0 bridgehead atoms. The molecule has 3 aromatic rings. The third-order valence-electron chi connectivity index (χ3n) is 3.22. The Bertz CT molecular complexity index is 760. The van der Waals surface area contributed by atoms with Crippen LogP contribution in [-0.2, 0) is 6.54 Å². The van der Waals surface area contributed by atoms with E-state index in [0.717, 1.165) is 11.1 Å². The van der Waals surface area contributed by atoms with Crippen molar-refractivity contribution < 1.29 is 13.6 Å². The molecule has 0 fully saturated rings. The number of nitrogens with zero attached hydrogens (tertiary/aromatic N) is 3. The zero-order valence-electron chi connectivity index (χ0n) is 12.3. The van der Waals surface area contributed by atoms with Crippen molar-refractivity contribution in [2.75, 3.05) is 7.05 Å². The Morgan fingerprint density at radius 1 is 1.18 bits per heavy atom. The molecule has 0 spiro atoms. The fraction of sp³-hybridized carbons (Fsp3) is 0.188. The summed E-state index contributed by atoms with van der Waals surface area (Å²) in [6.45, 7) is 2.23. The van der Waals surface area contributed by atoms with Gasteiger partial charge in [0.1, 0.15) is 0 Å². The van der Waals surface area contributed by atoms with Crippen LogP contribution in [0.3, 0.4) is 0 Å². The number of furan rings is 1. The summed E-state index contributed by atoms with van der Waals surface area (Å²) in [4.78, 5) is 13.5. The van der Waals surface area contributed by atoms with Crippen molar-refractivity contribution in [2.24, 2.45) is 0 Å². The van der Waals surface area contributed by atoms with Crippen LogP contribution >= 0.6 is 0 Å². The van der Waals surface area contributed by atoms with Gasteiger partial charge in [-0.05, 0) is 31.2 Å². The second kappa shape index (κ2) is 5.85. The lowest BCUT2D eigenvalue weighted by molar-refractivity contribution is 0.0741. The number of benzene rings is 1. The fourth-order valence-electron chi connectivity index (χ4n) is 1.99. The maximum Gasteiger partial charge on any atom is 0.289 e. The summed E-state index contributed by atoms with van der Waals surface area (Å²) in [7, 11) is 1.65. The zero-order chi connectivity index (χ0) is 15.5. The highest BCUT2D eigenvalue weighted by atomic mass is 16.4. The van der Waals surface area contributed by atoms with E-state index in [1.807, 2.05) is 31.2 Å². The number of aryl methyl sites for hydroxylation is 1. The normalized spacial score (nSPS) is 10.6. The topological polar surface area (TPSA) is 72.4 Å². The lowest BCUT2D eigenvalue weighted by atomic mass is 10.1. The van der Waals surface area contributed by atoms with Gasteiger partial charge in [0.15, 0.2) is 5.76 Å². The Balaban J connectivity index is 1.71. The summed E-state index contributed by atoms with van der Waals surface area (Å²) in [6, 6.07) is 11.1. The standard InChI is InChI=1S/C16H15N3O3/c1-11-5-7-12(8-6-11)15-18-17-14(22-15)10-19(2)16(20)13-4-3-9-21-13/h3-9H,10H2,1-2H3. The molecule has 0 radical (unpaired) electrons. The van der Waals surface area contributed by atoms with Gasteiger partial charge in [-0.1, -0.05) is 17.7 Å². The maximum atomic E-state index is 12.1. The highest BCUT2D eigenvalue weighted by molar-refractivity contribution is 5.91. The van der Waals surface area contributed by atoms with Crippen LogP contribution in [0.15, 0.2) is 51.5 Å².